The lowest BCUT2D eigenvalue weighted by atomic mass is 9.73. The number of nitrogens with zero attached hydrogens (tertiary/aromatic N) is 7. The highest BCUT2D eigenvalue weighted by Gasteiger charge is 2.46. The third-order valence-electron chi connectivity index (χ3n) is 8.64. The number of benzene rings is 2. The molecule has 2 aliphatic heterocycles. The molecule has 1 atom stereocenters. The van der Waals surface area contributed by atoms with Gasteiger partial charge in [0.25, 0.3) is 0 Å². The number of piperidine rings is 1. The molecular formula is C28H29N9. The Hall–Kier alpha value is -4.16. The van der Waals surface area contributed by atoms with E-state index in [2.05, 4.69) is 55.2 Å². The van der Waals surface area contributed by atoms with Gasteiger partial charge < -0.3 is 20.4 Å². The molecule has 0 bridgehead atoms. The zero-order valence-corrected chi connectivity index (χ0v) is 20.9. The standard InChI is InChI=1S/C28H29N9/c1-35-12-13-37(21-7-6-18(16-29)14-22(21)35)27-24-26(33-34-27)32-23(17-31-24)36-10-8-28(9-11-36)15-19-4-2-3-5-20(19)25(28)30/h2-7,14,17,25H,8-13,15,30H2,1H3,(H,32,33,34)/t25-/m1/s1. The Balaban J connectivity index is 1.13. The zero-order chi connectivity index (χ0) is 25.1. The molecule has 186 valence electrons. The number of nitriles is 1. The van der Waals surface area contributed by atoms with Crippen LogP contribution in [0.15, 0.2) is 48.7 Å². The van der Waals surface area contributed by atoms with E-state index < -0.39 is 0 Å². The first kappa shape index (κ1) is 22.1. The summed E-state index contributed by atoms with van der Waals surface area (Å²) < 4.78 is 0. The molecule has 0 radical (unpaired) electrons. The molecule has 1 aliphatic carbocycles. The average Bonchev–Trinajstić information content (AvgIpc) is 3.48. The van der Waals surface area contributed by atoms with E-state index in [-0.39, 0.29) is 11.5 Å². The second kappa shape index (κ2) is 8.18. The predicted octanol–water partition coefficient (Wildman–Crippen LogP) is 3.66. The number of aromatic amines is 1. The van der Waals surface area contributed by atoms with Crippen LogP contribution in [0.4, 0.5) is 23.0 Å². The minimum Gasteiger partial charge on any atom is -0.371 e. The lowest BCUT2D eigenvalue weighted by Crippen LogP contribution is -2.44. The summed E-state index contributed by atoms with van der Waals surface area (Å²) in [5, 5.41) is 17.1. The number of anilines is 4. The highest BCUT2D eigenvalue weighted by atomic mass is 15.3. The van der Waals surface area contributed by atoms with Crippen LogP contribution < -0.4 is 20.4 Å². The highest BCUT2D eigenvalue weighted by molar-refractivity contribution is 5.90. The number of rotatable bonds is 2. The van der Waals surface area contributed by atoms with E-state index >= 15 is 0 Å². The maximum atomic E-state index is 9.34. The van der Waals surface area contributed by atoms with E-state index in [1.54, 1.807) is 0 Å². The van der Waals surface area contributed by atoms with Crippen LogP contribution >= 0.6 is 0 Å². The number of hydrogen-bond donors (Lipinski definition) is 2. The maximum Gasteiger partial charge on any atom is 0.183 e. The van der Waals surface area contributed by atoms with E-state index in [9.17, 15) is 5.26 Å². The predicted molar refractivity (Wildman–Crippen MR) is 144 cm³/mol. The molecule has 9 nitrogen and oxygen atoms in total. The average molecular weight is 492 g/mol. The third kappa shape index (κ3) is 3.36. The number of likely N-dealkylation sites (N-methyl/N-ethyl adjacent to an activating group) is 1. The molecule has 37 heavy (non-hydrogen) atoms. The summed E-state index contributed by atoms with van der Waals surface area (Å²) in [5.74, 6) is 1.64. The molecule has 0 saturated carbocycles. The van der Waals surface area contributed by atoms with Crippen LogP contribution in [0.1, 0.15) is 35.6 Å². The summed E-state index contributed by atoms with van der Waals surface area (Å²) in [4.78, 5) is 16.4. The van der Waals surface area contributed by atoms with E-state index in [0.29, 0.717) is 11.2 Å². The minimum absolute atomic E-state index is 0.102. The van der Waals surface area contributed by atoms with Crippen LogP contribution in [-0.2, 0) is 6.42 Å². The molecule has 1 spiro atoms. The number of hydrogen-bond acceptors (Lipinski definition) is 8. The van der Waals surface area contributed by atoms with Crippen LogP contribution in [-0.4, -0.2) is 53.4 Å². The maximum absolute atomic E-state index is 9.34. The topological polar surface area (TPSA) is 114 Å². The summed E-state index contributed by atoms with van der Waals surface area (Å²) in [6, 6.07) is 16.7. The second-order valence-corrected chi connectivity index (χ2v) is 10.6. The van der Waals surface area contributed by atoms with Crippen LogP contribution in [0.3, 0.4) is 0 Å². The van der Waals surface area contributed by atoms with Gasteiger partial charge >= 0.3 is 0 Å². The molecule has 9 heteroatoms. The van der Waals surface area contributed by atoms with Gasteiger partial charge in [0.05, 0.1) is 29.2 Å². The molecule has 1 fully saturated rings. The van der Waals surface area contributed by atoms with Gasteiger partial charge in [0.2, 0.25) is 0 Å². The normalized spacial score (nSPS) is 20.2. The Morgan fingerprint density at radius 1 is 1.08 bits per heavy atom. The van der Waals surface area contributed by atoms with Crippen molar-refractivity contribution in [1.29, 1.82) is 5.26 Å². The molecule has 4 heterocycles. The highest BCUT2D eigenvalue weighted by Crippen LogP contribution is 2.51. The SMILES string of the molecule is CN1CCN(c2n[nH]c3nc(N4CCC5(CC4)Cc4ccccc4[C@H]5N)cnc23)c2ccc(C#N)cc21. The summed E-state index contributed by atoms with van der Waals surface area (Å²) in [7, 11) is 2.05. The Morgan fingerprint density at radius 3 is 2.73 bits per heavy atom. The fourth-order valence-corrected chi connectivity index (χ4v) is 6.45. The number of aromatic nitrogens is 4. The fourth-order valence-electron chi connectivity index (χ4n) is 6.45. The van der Waals surface area contributed by atoms with E-state index in [1.807, 2.05) is 31.4 Å². The molecule has 0 unspecified atom stereocenters. The van der Waals surface area contributed by atoms with Gasteiger partial charge in [-0.3, -0.25) is 5.10 Å². The van der Waals surface area contributed by atoms with Crippen molar-refractivity contribution in [3.63, 3.8) is 0 Å². The third-order valence-corrected chi connectivity index (χ3v) is 8.64. The fraction of sp³-hybridized carbons (Fsp3) is 0.357. The lowest BCUT2D eigenvalue weighted by Gasteiger charge is -2.42. The summed E-state index contributed by atoms with van der Waals surface area (Å²) in [6.07, 6.45) is 5.02. The molecular weight excluding hydrogens is 462 g/mol. The molecule has 3 N–H and O–H groups in total. The Bertz CT molecular complexity index is 1540. The zero-order valence-electron chi connectivity index (χ0n) is 20.9. The lowest BCUT2D eigenvalue weighted by molar-refractivity contribution is 0.187. The summed E-state index contributed by atoms with van der Waals surface area (Å²) in [5.41, 5.74) is 13.7. The van der Waals surface area contributed by atoms with Crippen LogP contribution in [0.2, 0.25) is 0 Å². The van der Waals surface area contributed by atoms with Gasteiger partial charge in [0, 0.05) is 39.3 Å². The van der Waals surface area contributed by atoms with Gasteiger partial charge in [0.15, 0.2) is 17.0 Å². The smallest absolute Gasteiger partial charge is 0.183 e. The van der Waals surface area contributed by atoms with Crippen molar-refractivity contribution in [3.05, 3.63) is 65.4 Å². The van der Waals surface area contributed by atoms with E-state index in [4.69, 9.17) is 15.7 Å². The van der Waals surface area contributed by atoms with Crippen molar-refractivity contribution in [2.24, 2.45) is 11.1 Å². The van der Waals surface area contributed by atoms with Crippen molar-refractivity contribution in [2.45, 2.75) is 25.3 Å². The monoisotopic (exact) mass is 491 g/mol. The van der Waals surface area contributed by atoms with Crippen molar-refractivity contribution in [2.75, 3.05) is 47.9 Å². The van der Waals surface area contributed by atoms with Gasteiger partial charge in [-0.15, -0.1) is 0 Å². The first-order valence-electron chi connectivity index (χ1n) is 12.9. The van der Waals surface area contributed by atoms with Crippen molar-refractivity contribution in [1.82, 2.24) is 20.2 Å². The van der Waals surface area contributed by atoms with Crippen LogP contribution in [0.25, 0.3) is 11.2 Å². The van der Waals surface area contributed by atoms with Gasteiger partial charge in [0.1, 0.15) is 5.82 Å². The molecule has 2 aromatic carbocycles. The molecule has 3 aliphatic rings. The van der Waals surface area contributed by atoms with Crippen molar-refractivity contribution in [3.8, 4) is 6.07 Å². The molecule has 7 rings (SSSR count). The van der Waals surface area contributed by atoms with Crippen molar-refractivity contribution < 1.29 is 0 Å². The molecule has 1 saturated heterocycles. The molecule has 4 aromatic rings. The second-order valence-electron chi connectivity index (χ2n) is 10.6. The Morgan fingerprint density at radius 2 is 1.92 bits per heavy atom. The van der Waals surface area contributed by atoms with Gasteiger partial charge in [-0.2, -0.15) is 10.4 Å². The largest absolute Gasteiger partial charge is 0.371 e. The van der Waals surface area contributed by atoms with Gasteiger partial charge in [-0.05, 0) is 54.0 Å². The number of fused-ring (bicyclic) bond motifs is 3. The summed E-state index contributed by atoms with van der Waals surface area (Å²) in [6.45, 7) is 3.42. The Kier molecular flexibility index (Phi) is 4.88. The van der Waals surface area contributed by atoms with E-state index in [0.717, 1.165) is 74.0 Å². The van der Waals surface area contributed by atoms with Crippen LogP contribution in [0, 0.1) is 16.7 Å². The first-order valence-corrected chi connectivity index (χ1v) is 12.9. The number of H-pyrrole nitrogens is 1. The van der Waals surface area contributed by atoms with Crippen molar-refractivity contribution >= 4 is 34.2 Å². The molecule has 0 amide bonds. The molecule has 2 aromatic heterocycles. The van der Waals surface area contributed by atoms with E-state index in [1.165, 1.54) is 11.1 Å². The van der Waals surface area contributed by atoms with Crippen LogP contribution in [0.5, 0.6) is 0 Å². The number of nitrogens with one attached hydrogen (secondary N) is 1. The number of nitrogens with two attached hydrogens (primary N) is 1. The Labute approximate surface area is 215 Å². The quantitative estimate of drug-likeness (QED) is 0.437. The first-order chi connectivity index (χ1) is 18.1. The minimum atomic E-state index is 0.102. The van der Waals surface area contributed by atoms with Gasteiger partial charge in [-0.1, -0.05) is 24.3 Å². The van der Waals surface area contributed by atoms with Gasteiger partial charge in [-0.25, -0.2) is 9.97 Å². The summed E-state index contributed by atoms with van der Waals surface area (Å²) >= 11 is 0.